The topological polar surface area (TPSA) is 55.1 Å². The Morgan fingerprint density at radius 3 is 2.39 bits per heavy atom. The van der Waals surface area contributed by atoms with Crippen molar-refractivity contribution in [3.8, 4) is 0 Å². The second kappa shape index (κ2) is 6.76. The predicted octanol–water partition coefficient (Wildman–Crippen LogP) is 2.62. The van der Waals surface area contributed by atoms with E-state index in [4.69, 9.17) is 5.73 Å². The van der Waals surface area contributed by atoms with Gasteiger partial charge in [-0.05, 0) is 31.6 Å². The lowest BCUT2D eigenvalue weighted by atomic mass is 9.82. The zero-order valence-electron chi connectivity index (χ0n) is 11.4. The van der Waals surface area contributed by atoms with Gasteiger partial charge in [0.05, 0.1) is 5.41 Å². The molecule has 2 rings (SSSR count). The number of carbonyl (C=O) groups excluding carboxylic acids is 1. The van der Waals surface area contributed by atoms with Gasteiger partial charge in [-0.1, -0.05) is 32.6 Å². The van der Waals surface area contributed by atoms with Crippen LogP contribution >= 0.6 is 12.4 Å². The summed E-state index contributed by atoms with van der Waals surface area (Å²) in [6.45, 7) is 2.77. The molecule has 0 aromatic rings. The van der Waals surface area contributed by atoms with Crippen LogP contribution in [0.15, 0.2) is 0 Å². The Kier molecular flexibility index (Phi) is 5.93. The maximum Gasteiger partial charge on any atom is 0.227 e. The number of nitrogens with one attached hydrogen (secondary N) is 1. The highest BCUT2D eigenvalue weighted by Crippen LogP contribution is 2.38. The molecule has 0 bridgehead atoms. The van der Waals surface area contributed by atoms with Crippen LogP contribution in [0.4, 0.5) is 0 Å². The van der Waals surface area contributed by atoms with E-state index in [0.29, 0.717) is 18.5 Å². The van der Waals surface area contributed by atoms with Crippen molar-refractivity contribution in [1.29, 1.82) is 0 Å². The zero-order chi connectivity index (χ0) is 12.3. The van der Waals surface area contributed by atoms with Crippen LogP contribution in [0.25, 0.3) is 0 Å². The summed E-state index contributed by atoms with van der Waals surface area (Å²) in [6, 6.07) is 0.389. The molecule has 0 aromatic heterocycles. The fourth-order valence-electron chi connectivity index (χ4n) is 3.43. The number of nitrogens with two attached hydrogens (primary N) is 1. The van der Waals surface area contributed by atoms with Crippen LogP contribution in [-0.4, -0.2) is 18.5 Å². The summed E-state index contributed by atoms with van der Waals surface area (Å²) in [7, 11) is 0. The van der Waals surface area contributed by atoms with Crippen molar-refractivity contribution in [2.24, 2.45) is 17.1 Å². The minimum Gasteiger partial charge on any atom is -0.353 e. The minimum atomic E-state index is -0.239. The molecule has 0 aromatic carbocycles. The molecule has 0 spiro atoms. The van der Waals surface area contributed by atoms with E-state index in [0.717, 1.165) is 32.1 Å². The summed E-state index contributed by atoms with van der Waals surface area (Å²) < 4.78 is 0. The molecule has 18 heavy (non-hydrogen) atoms. The molecule has 2 aliphatic carbocycles. The Morgan fingerprint density at radius 1 is 1.22 bits per heavy atom. The minimum absolute atomic E-state index is 0. The second-order valence-corrected chi connectivity index (χ2v) is 6.03. The Morgan fingerprint density at radius 2 is 1.83 bits per heavy atom. The van der Waals surface area contributed by atoms with Gasteiger partial charge in [0.2, 0.25) is 5.91 Å². The third-order valence-corrected chi connectivity index (χ3v) is 4.86. The number of rotatable bonds is 3. The highest BCUT2D eigenvalue weighted by atomic mass is 35.5. The van der Waals surface area contributed by atoms with Gasteiger partial charge >= 0.3 is 0 Å². The standard InChI is InChI=1S/C14H26N2O.ClH/c1-11-6-2-3-7-12(11)16-13(17)14(10-15)8-4-5-9-14;/h11-12H,2-10,15H2,1H3,(H,16,17);1H. The van der Waals surface area contributed by atoms with E-state index in [1.54, 1.807) is 0 Å². The molecule has 0 aliphatic heterocycles. The molecule has 3 N–H and O–H groups in total. The van der Waals surface area contributed by atoms with Crippen molar-refractivity contribution < 1.29 is 4.79 Å². The quantitative estimate of drug-likeness (QED) is 0.831. The fourth-order valence-corrected chi connectivity index (χ4v) is 3.43. The first-order valence-electron chi connectivity index (χ1n) is 7.19. The third kappa shape index (κ3) is 3.18. The van der Waals surface area contributed by atoms with Crippen LogP contribution in [0.2, 0.25) is 0 Å². The van der Waals surface area contributed by atoms with Crippen molar-refractivity contribution in [3.05, 3.63) is 0 Å². The Hall–Kier alpha value is -0.280. The SMILES string of the molecule is CC1CCCCC1NC(=O)C1(CN)CCCC1.Cl. The molecule has 1 amide bonds. The van der Waals surface area contributed by atoms with Gasteiger partial charge in [-0.3, -0.25) is 4.79 Å². The molecule has 2 atom stereocenters. The number of amides is 1. The number of hydrogen-bond acceptors (Lipinski definition) is 2. The van der Waals surface area contributed by atoms with Crippen molar-refractivity contribution in [1.82, 2.24) is 5.32 Å². The van der Waals surface area contributed by atoms with Crippen molar-refractivity contribution >= 4 is 18.3 Å². The Labute approximate surface area is 117 Å². The highest BCUT2D eigenvalue weighted by Gasteiger charge is 2.41. The Balaban J connectivity index is 0.00000162. The molecule has 0 heterocycles. The second-order valence-electron chi connectivity index (χ2n) is 6.03. The molecule has 2 unspecified atom stereocenters. The lowest BCUT2D eigenvalue weighted by molar-refractivity contribution is -0.131. The fraction of sp³-hybridized carbons (Fsp3) is 0.929. The monoisotopic (exact) mass is 274 g/mol. The largest absolute Gasteiger partial charge is 0.353 e. The van der Waals surface area contributed by atoms with Crippen LogP contribution in [0.3, 0.4) is 0 Å². The highest BCUT2D eigenvalue weighted by molar-refractivity contribution is 5.85. The average molecular weight is 275 g/mol. The molecular weight excluding hydrogens is 248 g/mol. The molecule has 2 saturated carbocycles. The van der Waals surface area contributed by atoms with Crippen molar-refractivity contribution in [2.45, 2.75) is 64.3 Å². The van der Waals surface area contributed by atoms with E-state index in [-0.39, 0.29) is 23.7 Å². The lowest BCUT2D eigenvalue weighted by Crippen LogP contribution is -2.50. The molecule has 0 radical (unpaired) electrons. The van der Waals surface area contributed by atoms with Gasteiger partial charge in [0, 0.05) is 12.6 Å². The van der Waals surface area contributed by atoms with E-state index in [1.807, 2.05) is 0 Å². The summed E-state index contributed by atoms with van der Waals surface area (Å²) in [6.07, 6.45) is 9.25. The summed E-state index contributed by atoms with van der Waals surface area (Å²) in [4.78, 5) is 12.4. The zero-order valence-corrected chi connectivity index (χ0v) is 12.2. The predicted molar refractivity (Wildman–Crippen MR) is 76.8 cm³/mol. The van der Waals surface area contributed by atoms with Crippen LogP contribution in [0, 0.1) is 11.3 Å². The molecule has 2 aliphatic rings. The number of hydrogen-bond donors (Lipinski definition) is 2. The van der Waals surface area contributed by atoms with Crippen LogP contribution < -0.4 is 11.1 Å². The van der Waals surface area contributed by atoms with Crippen molar-refractivity contribution in [3.63, 3.8) is 0 Å². The first-order chi connectivity index (χ1) is 8.18. The number of carbonyl (C=O) groups is 1. The smallest absolute Gasteiger partial charge is 0.227 e. The van der Waals surface area contributed by atoms with Crippen molar-refractivity contribution in [2.75, 3.05) is 6.54 Å². The summed E-state index contributed by atoms with van der Waals surface area (Å²) >= 11 is 0. The van der Waals surface area contributed by atoms with E-state index >= 15 is 0 Å². The molecule has 106 valence electrons. The maximum absolute atomic E-state index is 12.4. The van der Waals surface area contributed by atoms with Crippen LogP contribution in [-0.2, 0) is 4.79 Å². The summed E-state index contributed by atoms with van der Waals surface area (Å²) in [5.41, 5.74) is 5.61. The first-order valence-corrected chi connectivity index (χ1v) is 7.19. The molecule has 4 heteroatoms. The molecule has 2 fully saturated rings. The normalized spacial score (nSPS) is 30.6. The lowest BCUT2D eigenvalue weighted by Gasteiger charge is -2.34. The van der Waals surface area contributed by atoms with E-state index in [1.165, 1.54) is 19.3 Å². The summed E-state index contributed by atoms with van der Waals surface area (Å²) in [5.74, 6) is 0.861. The van der Waals surface area contributed by atoms with Crippen LogP contribution in [0.1, 0.15) is 58.3 Å². The number of halogens is 1. The molecular formula is C14H27ClN2O. The van der Waals surface area contributed by atoms with Gasteiger partial charge in [0.15, 0.2) is 0 Å². The first kappa shape index (κ1) is 15.8. The van der Waals surface area contributed by atoms with Gasteiger partial charge in [0.25, 0.3) is 0 Å². The average Bonchev–Trinajstić information content (AvgIpc) is 2.82. The van der Waals surface area contributed by atoms with Crippen LogP contribution in [0.5, 0.6) is 0 Å². The maximum atomic E-state index is 12.4. The van der Waals surface area contributed by atoms with Gasteiger partial charge < -0.3 is 11.1 Å². The van der Waals surface area contributed by atoms with Gasteiger partial charge in [-0.15, -0.1) is 12.4 Å². The third-order valence-electron chi connectivity index (χ3n) is 4.86. The van der Waals surface area contributed by atoms with Gasteiger partial charge in [-0.2, -0.15) is 0 Å². The van der Waals surface area contributed by atoms with E-state index in [9.17, 15) is 4.79 Å². The van der Waals surface area contributed by atoms with E-state index in [2.05, 4.69) is 12.2 Å². The van der Waals surface area contributed by atoms with E-state index < -0.39 is 0 Å². The molecule has 0 saturated heterocycles. The Bertz CT molecular complexity index is 277. The van der Waals surface area contributed by atoms with Gasteiger partial charge in [0.1, 0.15) is 0 Å². The van der Waals surface area contributed by atoms with Gasteiger partial charge in [-0.25, -0.2) is 0 Å². The summed E-state index contributed by atoms with van der Waals surface area (Å²) in [5, 5.41) is 3.28. The molecule has 3 nitrogen and oxygen atoms in total.